The highest BCUT2D eigenvalue weighted by Crippen LogP contribution is 2.22. The standard InChI is InChI=1S/C13H27NO/c1-3-4-5-6-7-8-12-9-10-14(2)11-13(12)15/h12-13,15H,3-11H2,1-2H3/t12-,13+/m1/s1. The van der Waals surface area contributed by atoms with Crippen molar-refractivity contribution in [2.45, 2.75) is 58.0 Å². The summed E-state index contributed by atoms with van der Waals surface area (Å²) in [4.78, 5) is 2.23. The Morgan fingerprint density at radius 3 is 2.60 bits per heavy atom. The minimum Gasteiger partial charge on any atom is -0.392 e. The number of aliphatic hydroxyl groups excluding tert-OH is 1. The van der Waals surface area contributed by atoms with Gasteiger partial charge in [-0.15, -0.1) is 0 Å². The fourth-order valence-electron chi connectivity index (χ4n) is 2.49. The Morgan fingerprint density at radius 2 is 1.93 bits per heavy atom. The maximum atomic E-state index is 9.90. The highest BCUT2D eigenvalue weighted by Gasteiger charge is 2.24. The first-order valence-electron chi connectivity index (χ1n) is 6.60. The lowest BCUT2D eigenvalue weighted by molar-refractivity contribution is 0.0277. The molecule has 0 bridgehead atoms. The highest BCUT2D eigenvalue weighted by molar-refractivity contribution is 4.78. The van der Waals surface area contributed by atoms with E-state index in [1.807, 2.05) is 0 Å². The molecule has 0 radical (unpaired) electrons. The number of hydrogen-bond donors (Lipinski definition) is 1. The minimum atomic E-state index is -0.0741. The van der Waals surface area contributed by atoms with Gasteiger partial charge in [0.05, 0.1) is 6.10 Å². The van der Waals surface area contributed by atoms with Crippen LogP contribution in [0.3, 0.4) is 0 Å². The van der Waals surface area contributed by atoms with Gasteiger partial charge in [0.2, 0.25) is 0 Å². The van der Waals surface area contributed by atoms with Crippen LogP contribution in [0.5, 0.6) is 0 Å². The summed E-state index contributed by atoms with van der Waals surface area (Å²) in [6.07, 6.45) is 9.07. The van der Waals surface area contributed by atoms with E-state index in [1.54, 1.807) is 0 Å². The molecule has 1 fully saturated rings. The largest absolute Gasteiger partial charge is 0.392 e. The van der Waals surface area contributed by atoms with Crippen molar-refractivity contribution in [1.29, 1.82) is 0 Å². The maximum Gasteiger partial charge on any atom is 0.0695 e. The molecule has 1 heterocycles. The molecule has 1 saturated heterocycles. The van der Waals surface area contributed by atoms with Gasteiger partial charge in [-0.1, -0.05) is 39.0 Å². The Balaban J connectivity index is 2.05. The van der Waals surface area contributed by atoms with Gasteiger partial charge in [0.15, 0.2) is 0 Å². The lowest BCUT2D eigenvalue weighted by Crippen LogP contribution is -2.41. The van der Waals surface area contributed by atoms with Crippen LogP contribution in [0, 0.1) is 5.92 Å². The van der Waals surface area contributed by atoms with Gasteiger partial charge >= 0.3 is 0 Å². The number of β-amino-alcohol motifs (C(OH)–C–C–N with tert-alkyl or cyclic N) is 1. The van der Waals surface area contributed by atoms with Crippen LogP contribution in [0.15, 0.2) is 0 Å². The van der Waals surface area contributed by atoms with Crippen molar-refractivity contribution in [1.82, 2.24) is 4.90 Å². The van der Waals surface area contributed by atoms with Crippen molar-refractivity contribution < 1.29 is 5.11 Å². The molecule has 0 unspecified atom stereocenters. The molecule has 0 aliphatic carbocycles. The maximum absolute atomic E-state index is 9.90. The Hall–Kier alpha value is -0.0800. The minimum absolute atomic E-state index is 0.0741. The van der Waals surface area contributed by atoms with Crippen molar-refractivity contribution in [3.05, 3.63) is 0 Å². The number of aliphatic hydroxyl groups is 1. The summed E-state index contributed by atoms with van der Waals surface area (Å²) >= 11 is 0. The summed E-state index contributed by atoms with van der Waals surface area (Å²) in [7, 11) is 2.10. The third-order valence-electron chi connectivity index (χ3n) is 3.60. The second-order valence-corrected chi connectivity index (χ2v) is 5.08. The molecule has 0 aromatic rings. The van der Waals surface area contributed by atoms with Crippen molar-refractivity contribution in [2.75, 3.05) is 20.1 Å². The van der Waals surface area contributed by atoms with E-state index in [9.17, 15) is 5.11 Å². The molecule has 1 rings (SSSR count). The summed E-state index contributed by atoms with van der Waals surface area (Å²) in [6, 6.07) is 0. The second kappa shape index (κ2) is 7.24. The molecule has 0 aromatic heterocycles. The van der Waals surface area contributed by atoms with Crippen molar-refractivity contribution in [2.24, 2.45) is 5.92 Å². The molecule has 2 heteroatoms. The van der Waals surface area contributed by atoms with Crippen molar-refractivity contribution in [3.8, 4) is 0 Å². The van der Waals surface area contributed by atoms with Crippen molar-refractivity contribution >= 4 is 0 Å². The molecule has 0 amide bonds. The first-order valence-corrected chi connectivity index (χ1v) is 6.60. The van der Waals surface area contributed by atoms with Crippen LogP contribution in [-0.4, -0.2) is 36.2 Å². The molecule has 90 valence electrons. The number of rotatable bonds is 6. The molecule has 15 heavy (non-hydrogen) atoms. The molecule has 0 spiro atoms. The van der Waals surface area contributed by atoms with Gasteiger partial charge in [-0.25, -0.2) is 0 Å². The SMILES string of the molecule is CCCCCCC[C@@H]1CCN(C)C[C@@H]1O. The number of likely N-dealkylation sites (tertiary alicyclic amines) is 1. The van der Waals surface area contributed by atoms with E-state index >= 15 is 0 Å². The highest BCUT2D eigenvalue weighted by atomic mass is 16.3. The normalized spacial score (nSPS) is 28.2. The van der Waals surface area contributed by atoms with Crippen LogP contribution in [0.25, 0.3) is 0 Å². The molecule has 1 N–H and O–H groups in total. The lowest BCUT2D eigenvalue weighted by atomic mass is 9.89. The molecule has 2 nitrogen and oxygen atoms in total. The van der Waals surface area contributed by atoms with Crippen LogP contribution in [0.2, 0.25) is 0 Å². The zero-order chi connectivity index (χ0) is 11.1. The Labute approximate surface area is 94.7 Å². The summed E-state index contributed by atoms with van der Waals surface area (Å²) in [6.45, 7) is 4.29. The molecule has 0 saturated carbocycles. The Bertz CT molecular complexity index is 161. The van der Waals surface area contributed by atoms with E-state index in [0.29, 0.717) is 5.92 Å². The average Bonchev–Trinajstić information content (AvgIpc) is 2.20. The fourth-order valence-corrected chi connectivity index (χ4v) is 2.49. The third kappa shape index (κ3) is 4.98. The van der Waals surface area contributed by atoms with Crippen LogP contribution >= 0.6 is 0 Å². The lowest BCUT2D eigenvalue weighted by Gasteiger charge is -2.33. The topological polar surface area (TPSA) is 23.5 Å². The zero-order valence-electron chi connectivity index (χ0n) is 10.4. The first-order chi connectivity index (χ1) is 7.24. The summed E-state index contributed by atoms with van der Waals surface area (Å²) < 4.78 is 0. The van der Waals surface area contributed by atoms with Gasteiger partial charge in [-0.05, 0) is 32.4 Å². The van der Waals surface area contributed by atoms with E-state index in [-0.39, 0.29) is 6.10 Å². The number of piperidine rings is 1. The fraction of sp³-hybridized carbons (Fsp3) is 1.00. The van der Waals surface area contributed by atoms with Gasteiger partial charge in [0, 0.05) is 6.54 Å². The van der Waals surface area contributed by atoms with Crippen LogP contribution in [-0.2, 0) is 0 Å². The number of likely N-dealkylation sites (N-methyl/N-ethyl adjacent to an activating group) is 1. The average molecular weight is 213 g/mol. The molecular weight excluding hydrogens is 186 g/mol. The molecule has 1 aliphatic rings. The third-order valence-corrected chi connectivity index (χ3v) is 3.60. The zero-order valence-corrected chi connectivity index (χ0v) is 10.4. The van der Waals surface area contributed by atoms with Crippen LogP contribution in [0.4, 0.5) is 0 Å². The van der Waals surface area contributed by atoms with Gasteiger partial charge in [0.25, 0.3) is 0 Å². The Kier molecular flexibility index (Phi) is 6.26. The van der Waals surface area contributed by atoms with Gasteiger partial charge in [0.1, 0.15) is 0 Å². The Morgan fingerprint density at radius 1 is 1.20 bits per heavy atom. The van der Waals surface area contributed by atoms with Gasteiger partial charge in [-0.2, -0.15) is 0 Å². The van der Waals surface area contributed by atoms with Crippen LogP contribution in [0.1, 0.15) is 51.9 Å². The van der Waals surface area contributed by atoms with E-state index in [2.05, 4.69) is 18.9 Å². The molecule has 1 aliphatic heterocycles. The summed E-state index contributed by atoms with van der Waals surface area (Å²) in [5.74, 6) is 0.572. The summed E-state index contributed by atoms with van der Waals surface area (Å²) in [5.41, 5.74) is 0. The predicted molar refractivity (Wildman–Crippen MR) is 65.0 cm³/mol. The first kappa shape index (κ1) is 13.0. The van der Waals surface area contributed by atoms with Gasteiger partial charge < -0.3 is 10.0 Å². The quantitative estimate of drug-likeness (QED) is 0.686. The molecule has 2 atom stereocenters. The van der Waals surface area contributed by atoms with Crippen LogP contribution < -0.4 is 0 Å². The second-order valence-electron chi connectivity index (χ2n) is 5.08. The number of unbranched alkanes of at least 4 members (excludes halogenated alkanes) is 4. The number of hydrogen-bond acceptors (Lipinski definition) is 2. The van der Waals surface area contributed by atoms with E-state index < -0.39 is 0 Å². The van der Waals surface area contributed by atoms with E-state index in [1.165, 1.54) is 44.9 Å². The smallest absolute Gasteiger partial charge is 0.0695 e. The monoisotopic (exact) mass is 213 g/mol. The predicted octanol–water partition coefficient (Wildman–Crippen LogP) is 2.66. The summed E-state index contributed by atoms with van der Waals surface area (Å²) in [5, 5.41) is 9.90. The molecular formula is C13H27NO. The van der Waals surface area contributed by atoms with Gasteiger partial charge in [-0.3, -0.25) is 0 Å². The van der Waals surface area contributed by atoms with E-state index in [4.69, 9.17) is 0 Å². The van der Waals surface area contributed by atoms with E-state index in [0.717, 1.165) is 13.1 Å². The van der Waals surface area contributed by atoms with Crippen molar-refractivity contribution in [3.63, 3.8) is 0 Å². The number of nitrogens with zero attached hydrogens (tertiary/aromatic N) is 1. The molecule has 0 aromatic carbocycles.